The van der Waals surface area contributed by atoms with Crippen LogP contribution in [0, 0.1) is 20.8 Å². The van der Waals surface area contributed by atoms with E-state index in [2.05, 4.69) is 48.9 Å². The first kappa shape index (κ1) is 14.8. The molecule has 1 N–H and O–H groups in total. The van der Waals surface area contributed by atoms with Crippen LogP contribution in [0.3, 0.4) is 0 Å². The monoisotopic (exact) mass is 275 g/mol. The first-order valence-electron chi connectivity index (χ1n) is 7.22. The van der Waals surface area contributed by atoms with E-state index in [-0.39, 0.29) is 0 Å². The molecule has 110 valence electrons. The zero-order chi connectivity index (χ0) is 14.9. The summed E-state index contributed by atoms with van der Waals surface area (Å²) in [6, 6.07) is 2.46. The van der Waals surface area contributed by atoms with Gasteiger partial charge in [0.1, 0.15) is 0 Å². The number of aromatic nitrogens is 4. The van der Waals surface area contributed by atoms with Gasteiger partial charge in [-0.2, -0.15) is 10.2 Å². The normalized spacial score (nSPS) is 12.9. The van der Waals surface area contributed by atoms with Crippen LogP contribution in [0.1, 0.15) is 48.2 Å². The lowest BCUT2D eigenvalue weighted by atomic mass is 10.1. The SMILES string of the molecule is CCn1nc(C)cc1Cn1nc(C)c(C(C)NC)c1C. The fourth-order valence-corrected chi connectivity index (χ4v) is 2.79. The van der Waals surface area contributed by atoms with E-state index >= 15 is 0 Å². The highest BCUT2D eigenvalue weighted by Gasteiger charge is 2.17. The lowest BCUT2D eigenvalue weighted by Gasteiger charge is -2.11. The van der Waals surface area contributed by atoms with Crippen LogP contribution in [0.4, 0.5) is 0 Å². The van der Waals surface area contributed by atoms with Gasteiger partial charge in [0.25, 0.3) is 0 Å². The molecule has 0 aliphatic carbocycles. The molecule has 20 heavy (non-hydrogen) atoms. The zero-order valence-electron chi connectivity index (χ0n) is 13.4. The lowest BCUT2D eigenvalue weighted by molar-refractivity contribution is 0.565. The second-order valence-corrected chi connectivity index (χ2v) is 5.35. The second kappa shape index (κ2) is 5.79. The smallest absolute Gasteiger partial charge is 0.0831 e. The van der Waals surface area contributed by atoms with Crippen LogP contribution in [0.25, 0.3) is 0 Å². The first-order valence-corrected chi connectivity index (χ1v) is 7.22. The summed E-state index contributed by atoms with van der Waals surface area (Å²) in [6.45, 7) is 12.2. The number of nitrogens with zero attached hydrogens (tertiary/aromatic N) is 4. The number of rotatable bonds is 5. The zero-order valence-corrected chi connectivity index (χ0v) is 13.4. The highest BCUT2D eigenvalue weighted by Crippen LogP contribution is 2.21. The standard InChI is InChI=1S/C15H25N5/c1-7-19-14(8-10(2)17-19)9-20-13(5)15(11(3)16-6)12(4)18-20/h8,11,16H,7,9H2,1-6H3. The fourth-order valence-electron chi connectivity index (χ4n) is 2.79. The van der Waals surface area contributed by atoms with Crippen molar-refractivity contribution < 1.29 is 0 Å². The molecule has 0 saturated carbocycles. The molecule has 0 amide bonds. The van der Waals surface area contributed by atoms with Crippen molar-refractivity contribution in [2.75, 3.05) is 7.05 Å². The number of hydrogen-bond acceptors (Lipinski definition) is 3. The van der Waals surface area contributed by atoms with E-state index in [9.17, 15) is 0 Å². The van der Waals surface area contributed by atoms with Crippen molar-refractivity contribution in [1.82, 2.24) is 24.9 Å². The molecule has 2 aromatic heterocycles. The Kier molecular flexibility index (Phi) is 4.28. The largest absolute Gasteiger partial charge is 0.313 e. The van der Waals surface area contributed by atoms with E-state index < -0.39 is 0 Å². The van der Waals surface area contributed by atoms with Crippen LogP contribution < -0.4 is 5.32 Å². The molecule has 0 bridgehead atoms. The summed E-state index contributed by atoms with van der Waals surface area (Å²) >= 11 is 0. The average Bonchev–Trinajstić information content (AvgIpc) is 2.90. The average molecular weight is 275 g/mol. The van der Waals surface area contributed by atoms with Gasteiger partial charge in [0.15, 0.2) is 0 Å². The van der Waals surface area contributed by atoms with Crippen LogP contribution in [0.2, 0.25) is 0 Å². The van der Waals surface area contributed by atoms with E-state index in [1.165, 1.54) is 17.0 Å². The van der Waals surface area contributed by atoms with Gasteiger partial charge in [0, 0.05) is 23.8 Å². The van der Waals surface area contributed by atoms with Gasteiger partial charge < -0.3 is 5.32 Å². The van der Waals surface area contributed by atoms with E-state index in [1.54, 1.807) is 0 Å². The van der Waals surface area contributed by atoms with Gasteiger partial charge in [-0.05, 0) is 47.7 Å². The van der Waals surface area contributed by atoms with Gasteiger partial charge in [0.05, 0.1) is 23.6 Å². The van der Waals surface area contributed by atoms with Crippen LogP contribution in [-0.4, -0.2) is 26.6 Å². The molecular formula is C15H25N5. The van der Waals surface area contributed by atoms with Crippen molar-refractivity contribution in [3.63, 3.8) is 0 Å². The Labute approximate surface area is 121 Å². The second-order valence-electron chi connectivity index (χ2n) is 5.35. The van der Waals surface area contributed by atoms with Crippen LogP contribution >= 0.6 is 0 Å². The minimum Gasteiger partial charge on any atom is -0.313 e. The first-order chi connectivity index (χ1) is 9.47. The Bertz CT molecular complexity index is 594. The summed E-state index contributed by atoms with van der Waals surface area (Å²) in [5.41, 5.74) is 5.90. The van der Waals surface area contributed by atoms with E-state index in [4.69, 9.17) is 5.10 Å². The highest BCUT2D eigenvalue weighted by molar-refractivity contribution is 5.28. The molecule has 1 atom stereocenters. The molecule has 2 heterocycles. The summed E-state index contributed by atoms with van der Waals surface area (Å²) in [5, 5.41) is 12.5. The van der Waals surface area contributed by atoms with Crippen molar-refractivity contribution >= 4 is 0 Å². The van der Waals surface area contributed by atoms with Gasteiger partial charge in [0.2, 0.25) is 0 Å². The quantitative estimate of drug-likeness (QED) is 0.911. The molecule has 0 saturated heterocycles. The maximum Gasteiger partial charge on any atom is 0.0831 e. The summed E-state index contributed by atoms with van der Waals surface area (Å²) < 4.78 is 4.13. The number of nitrogens with one attached hydrogen (secondary N) is 1. The molecule has 5 heteroatoms. The van der Waals surface area contributed by atoms with Gasteiger partial charge in [-0.15, -0.1) is 0 Å². The minimum absolute atomic E-state index is 0.321. The predicted molar refractivity (Wildman–Crippen MR) is 80.9 cm³/mol. The summed E-state index contributed by atoms with van der Waals surface area (Å²) in [4.78, 5) is 0. The van der Waals surface area contributed by atoms with E-state index in [0.29, 0.717) is 6.04 Å². The predicted octanol–water partition coefficient (Wildman–Crippen LogP) is 2.35. The molecule has 0 spiro atoms. The Morgan fingerprint density at radius 1 is 1.20 bits per heavy atom. The third-order valence-electron chi connectivity index (χ3n) is 3.90. The number of hydrogen-bond donors (Lipinski definition) is 1. The summed E-state index contributed by atoms with van der Waals surface area (Å²) in [5.74, 6) is 0. The van der Waals surface area contributed by atoms with E-state index in [0.717, 1.165) is 24.5 Å². The highest BCUT2D eigenvalue weighted by atomic mass is 15.3. The minimum atomic E-state index is 0.321. The van der Waals surface area contributed by atoms with Gasteiger partial charge >= 0.3 is 0 Å². The molecule has 2 rings (SSSR count). The molecule has 2 aromatic rings. The van der Waals surface area contributed by atoms with Gasteiger partial charge in [-0.3, -0.25) is 9.36 Å². The maximum absolute atomic E-state index is 4.69. The lowest BCUT2D eigenvalue weighted by Crippen LogP contribution is -2.15. The molecule has 5 nitrogen and oxygen atoms in total. The van der Waals surface area contributed by atoms with Gasteiger partial charge in [-0.1, -0.05) is 0 Å². The Balaban J connectivity index is 2.35. The van der Waals surface area contributed by atoms with Crippen LogP contribution in [-0.2, 0) is 13.1 Å². The maximum atomic E-state index is 4.69. The van der Waals surface area contributed by atoms with Crippen molar-refractivity contribution in [2.45, 2.75) is 53.8 Å². The summed E-state index contributed by atoms with van der Waals surface area (Å²) in [7, 11) is 1.98. The van der Waals surface area contributed by atoms with Crippen molar-refractivity contribution in [2.24, 2.45) is 0 Å². The molecule has 1 unspecified atom stereocenters. The molecular weight excluding hydrogens is 250 g/mol. The van der Waals surface area contributed by atoms with Crippen molar-refractivity contribution in [3.05, 3.63) is 34.4 Å². The molecule has 0 aliphatic heterocycles. The van der Waals surface area contributed by atoms with Crippen LogP contribution in [0.5, 0.6) is 0 Å². The Morgan fingerprint density at radius 2 is 1.90 bits per heavy atom. The van der Waals surface area contributed by atoms with Crippen molar-refractivity contribution in [1.29, 1.82) is 0 Å². The summed E-state index contributed by atoms with van der Waals surface area (Å²) in [6.07, 6.45) is 0. The molecule has 0 aromatic carbocycles. The van der Waals surface area contributed by atoms with E-state index in [1.807, 2.05) is 18.7 Å². The molecule has 0 aliphatic rings. The third-order valence-corrected chi connectivity index (χ3v) is 3.90. The third kappa shape index (κ3) is 2.63. The topological polar surface area (TPSA) is 47.7 Å². The Hall–Kier alpha value is -1.62. The molecule has 0 radical (unpaired) electrons. The Morgan fingerprint density at radius 3 is 2.50 bits per heavy atom. The van der Waals surface area contributed by atoms with Crippen molar-refractivity contribution in [3.8, 4) is 0 Å². The van der Waals surface area contributed by atoms with Crippen LogP contribution in [0.15, 0.2) is 6.07 Å². The van der Waals surface area contributed by atoms with Gasteiger partial charge in [-0.25, -0.2) is 0 Å². The fraction of sp³-hybridized carbons (Fsp3) is 0.600. The number of aryl methyl sites for hydroxylation is 3. The molecule has 0 fully saturated rings.